The highest BCUT2D eigenvalue weighted by Gasteiger charge is 2.24. The molecule has 4 aromatic rings. The van der Waals surface area contributed by atoms with Crippen molar-refractivity contribution in [3.05, 3.63) is 63.9 Å². The van der Waals surface area contributed by atoms with E-state index in [9.17, 15) is 10.1 Å². The molecule has 3 aromatic heterocycles. The van der Waals surface area contributed by atoms with Crippen LogP contribution in [0.25, 0.3) is 17.2 Å². The SMILES string of the molecule is CCCCc1nc(CCC)nn1Cc1ccc(-n2ccc([N+](=O)[O-])c2-c2nnn[nH]2)cc1. The van der Waals surface area contributed by atoms with Crippen LogP contribution >= 0.6 is 0 Å². The summed E-state index contributed by atoms with van der Waals surface area (Å²) in [6.07, 6.45) is 6.62. The number of aromatic nitrogens is 8. The molecule has 0 aliphatic heterocycles. The number of hydrogen-bond acceptors (Lipinski definition) is 7. The van der Waals surface area contributed by atoms with Gasteiger partial charge < -0.3 is 4.57 Å². The lowest BCUT2D eigenvalue weighted by Crippen LogP contribution is -2.07. The van der Waals surface area contributed by atoms with Gasteiger partial charge >= 0.3 is 0 Å². The zero-order chi connectivity index (χ0) is 22.5. The Morgan fingerprint density at radius 3 is 2.56 bits per heavy atom. The van der Waals surface area contributed by atoms with Crippen LogP contribution in [-0.2, 0) is 19.4 Å². The molecular formula is C21H25N9O2. The molecule has 0 aliphatic rings. The minimum Gasteiger partial charge on any atom is -0.308 e. The first-order valence-corrected chi connectivity index (χ1v) is 10.7. The number of rotatable bonds is 10. The Hall–Kier alpha value is -3.89. The van der Waals surface area contributed by atoms with Crippen molar-refractivity contribution in [2.24, 2.45) is 0 Å². The number of unbranched alkanes of at least 4 members (excludes halogenated alkanes) is 1. The lowest BCUT2D eigenvalue weighted by atomic mass is 10.2. The lowest BCUT2D eigenvalue weighted by molar-refractivity contribution is -0.384. The van der Waals surface area contributed by atoms with Gasteiger partial charge in [0, 0.05) is 30.8 Å². The summed E-state index contributed by atoms with van der Waals surface area (Å²) in [6.45, 7) is 4.92. The van der Waals surface area contributed by atoms with Crippen LogP contribution < -0.4 is 0 Å². The van der Waals surface area contributed by atoms with Gasteiger partial charge in [-0.1, -0.05) is 32.4 Å². The number of nitrogens with zero attached hydrogens (tertiary/aromatic N) is 8. The molecule has 0 saturated heterocycles. The molecule has 4 rings (SSSR count). The predicted molar refractivity (Wildman–Crippen MR) is 117 cm³/mol. The Kier molecular flexibility index (Phi) is 6.34. The predicted octanol–water partition coefficient (Wildman–Crippen LogP) is 3.50. The van der Waals surface area contributed by atoms with E-state index in [0.29, 0.717) is 12.2 Å². The van der Waals surface area contributed by atoms with E-state index in [1.807, 2.05) is 28.9 Å². The summed E-state index contributed by atoms with van der Waals surface area (Å²) in [4.78, 5) is 15.7. The minimum atomic E-state index is -0.445. The second-order valence-electron chi connectivity index (χ2n) is 7.55. The fourth-order valence-corrected chi connectivity index (χ4v) is 3.62. The van der Waals surface area contributed by atoms with Gasteiger partial charge in [0.2, 0.25) is 5.82 Å². The Bertz CT molecular complexity index is 1180. The molecule has 0 amide bonds. The van der Waals surface area contributed by atoms with Crippen LogP contribution in [0.1, 0.15) is 50.3 Å². The van der Waals surface area contributed by atoms with Crippen LogP contribution in [-0.4, -0.2) is 44.9 Å². The molecule has 3 heterocycles. The molecule has 0 saturated carbocycles. The zero-order valence-electron chi connectivity index (χ0n) is 18.1. The molecule has 0 unspecified atom stereocenters. The molecule has 0 radical (unpaired) electrons. The Morgan fingerprint density at radius 1 is 1.09 bits per heavy atom. The van der Waals surface area contributed by atoms with Crippen molar-refractivity contribution in [1.29, 1.82) is 0 Å². The molecule has 166 valence electrons. The Morgan fingerprint density at radius 2 is 1.91 bits per heavy atom. The highest BCUT2D eigenvalue weighted by Crippen LogP contribution is 2.31. The highest BCUT2D eigenvalue weighted by molar-refractivity contribution is 5.67. The molecule has 11 nitrogen and oxygen atoms in total. The number of benzene rings is 1. The molecule has 0 spiro atoms. The van der Waals surface area contributed by atoms with Gasteiger partial charge in [0.15, 0.2) is 11.5 Å². The maximum Gasteiger partial charge on any atom is 0.298 e. The van der Waals surface area contributed by atoms with E-state index in [2.05, 4.69) is 34.5 Å². The lowest BCUT2D eigenvalue weighted by Gasteiger charge is -2.09. The van der Waals surface area contributed by atoms with Crippen molar-refractivity contribution in [3.8, 4) is 17.2 Å². The van der Waals surface area contributed by atoms with Crippen molar-refractivity contribution in [1.82, 2.24) is 40.0 Å². The van der Waals surface area contributed by atoms with E-state index in [0.717, 1.165) is 55.0 Å². The molecule has 0 aliphatic carbocycles. The van der Waals surface area contributed by atoms with Gasteiger partial charge in [0.1, 0.15) is 5.82 Å². The average Bonchev–Trinajstić information content (AvgIpc) is 3.53. The average molecular weight is 435 g/mol. The number of aromatic amines is 1. The number of hydrogen-bond donors (Lipinski definition) is 1. The van der Waals surface area contributed by atoms with Gasteiger partial charge in [-0.15, -0.1) is 5.10 Å². The summed E-state index contributed by atoms with van der Waals surface area (Å²) in [5.74, 6) is 2.14. The van der Waals surface area contributed by atoms with Crippen LogP contribution in [0.2, 0.25) is 0 Å². The molecule has 11 heteroatoms. The van der Waals surface area contributed by atoms with Gasteiger partial charge in [-0.05, 0) is 41.0 Å². The summed E-state index contributed by atoms with van der Waals surface area (Å²) in [6, 6.07) is 9.27. The zero-order valence-corrected chi connectivity index (χ0v) is 18.1. The molecule has 0 bridgehead atoms. The van der Waals surface area contributed by atoms with Crippen LogP contribution in [0.5, 0.6) is 0 Å². The molecule has 1 aromatic carbocycles. The monoisotopic (exact) mass is 435 g/mol. The summed E-state index contributed by atoms with van der Waals surface area (Å²) in [5, 5.41) is 29.7. The normalized spacial score (nSPS) is 11.2. The van der Waals surface area contributed by atoms with Gasteiger partial charge in [0.05, 0.1) is 11.5 Å². The summed E-state index contributed by atoms with van der Waals surface area (Å²) in [7, 11) is 0. The first-order chi connectivity index (χ1) is 15.6. The maximum absolute atomic E-state index is 11.5. The van der Waals surface area contributed by atoms with Crippen LogP contribution in [0.4, 0.5) is 5.69 Å². The van der Waals surface area contributed by atoms with Crippen LogP contribution in [0.15, 0.2) is 36.5 Å². The second-order valence-corrected chi connectivity index (χ2v) is 7.55. The second kappa shape index (κ2) is 9.50. The van der Waals surface area contributed by atoms with E-state index in [1.54, 1.807) is 10.8 Å². The van der Waals surface area contributed by atoms with E-state index in [-0.39, 0.29) is 11.5 Å². The van der Waals surface area contributed by atoms with E-state index in [1.165, 1.54) is 6.07 Å². The molecule has 1 N–H and O–H groups in total. The van der Waals surface area contributed by atoms with Gasteiger partial charge in [-0.25, -0.2) is 14.8 Å². The first-order valence-electron chi connectivity index (χ1n) is 10.7. The number of H-pyrrole nitrogens is 1. The summed E-state index contributed by atoms with van der Waals surface area (Å²) in [5.41, 5.74) is 2.07. The molecule has 32 heavy (non-hydrogen) atoms. The minimum absolute atomic E-state index is 0.0701. The van der Waals surface area contributed by atoms with Gasteiger partial charge in [-0.3, -0.25) is 10.1 Å². The first kappa shape index (κ1) is 21.3. The quantitative estimate of drug-likeness (QED) is 0.298. The third-order valence-corrected chi connectivity index (χ3v) is 5.20. The highest BCUT2D eigenvalue weighted by atomic mass is 16.6. The van der Waals surface area contributed by atoms with E-state index in [4.69, 9.17) is 10.1 Å². The molecule has 0 atom stereocenters. The smallest absolute Gasteiger partial charge is 0.298 e. The van der Waals surface area contributed by atoms with Crippen LogP contribution in [0.3, 0.4) is 0 Å². The Balaban J connectivity index is 1.61. The topological polar surface area (TPSA) is 133 Å². The largest absolute Gasteiger partial charge is 0.308 e. The summed E-state index contributed by atoms with van der Waals surface area (Å²) >= 11 is 0. The van der Waals surface area contributed by atoms with Crippen molar-refractivity contribution in [2.45, 2.75) is 52.5 Å². The van der Waals surface area contributed by atoms with Crippen molar-refractivity contribution in [2.75, 3.05) is 0 Å². The van der Waals surface area contributed by atoms with Crippen LogP contribution in [0, 0.1) is 10.1 Å². The third-order valence-electron chi connectivity index (χ3n) is 5.20. The van der Waals surface area contributed by atoms with Gasteiger partial charge in [0.25, 0.3) is 5.69 Å². The number of aryl methyl sites for hydroxylation is 2. The fourth-order valence-electron chi connectivity index (χ4n) is 3.62. The Labute approximate surface area is 184 Å². The van der Waals surface area contributed by atoms with Crippen molar-refractivity contribution in [3.63, 3.8) is 0 Å². The maximum atomic E-state index is 11.5. The van der Waals surface area contributed by atoms with Crippen molar-refractivity contribution >= 4 is 5.69 Å². The third kappa shape index (κ3) is 4.41. The van der Waals surface area contributed by atoms with E-state index >= 15 is 0 Å². The fraction of sp³-hybridized carbons (Fsp3) is 0.381. The van der Waals surface area contributed by atoms with Gasteiger partial charge in [-0.2, -0.15) is 5.10 Å². The van der Waals surface area contributed by atoms with E-state index < -0.39 is 4.92 Å². The standard InChI is InChI=1S/C21H25N9O2/c1-3-5-7-19-22-18(6-4-2)25-29(19)14-15-8-10-16(11-9-15)28-13-12-17(30(31)32)20(28)21-23-26-27-24-21/h8-13H,3-7,14H2,1-2H3,(H,23,24,26,27). The van der Waals surface area contributed by atoms with Crippen molar-refractivity contribution < 1.29 is 4.92 Å². The number of tetrazole rings is 1. The molecule has 0 fully saturated rings. The number of nitro groups is 1. The molecular weight excluding hydrogens is 410 g/mol. The summed E-state index contributed by atoms with van der Waals surface area (Å²) < 4.78 is 3.69. The number of nitrogens with one attached hydrogen (secondary N) is 1.